The number of hydrogen-bond acceptors (Lipinski definition) is 10. The Morgan fingerprint density at radius 1 is 1.43 bits per heavy atom. The zero-order valence-electron chi connectivity index (χ0n) is 19.5. The van der Waals surface area contributed by atoms with Crippen molar-refractivity contribution in [2.75, 3.05) is 32.2 Å². The molecule has 4 heterocycles. The van der Waals surface area contributed by atoms with Crippen LogP contribution in [0.5, 0.6) is 0 Å². The Bertz CT molecular complexity index is 1420. The molecule has 3 aliphatic rings. The molecule has 0 radical (unpaired) electrons. The van der Waals surface area contributed by atoms with Gasteiger partial charge in [0.2, 0.25) is 11.5 Å². The minimum absolute atomic E-state index is 0.0348. The summed E-state index contributed by atoms with van der Waals surface area (Å²) in [5.74, 6) is -2.13. The van der Waals surface area contributed by atoms with Crippen LogP contribution in [0.1, 0.15) is 11.4 Å². The number of anilines is 1. The van der Waals surface area contributed by atoms with E-state index in [2.05, 4.69) is 19.8 Å². The van der Waals surface area contributed by atoms with Crippen molar-refractivity contribution >= 4 is 75.3 Å². The standard InChI is InChI=1S/C22H20ClN7O5S2/c1-30(6-5-10-7-12(23)3-4-13(10)30)8-11-9-36-20-15(19(32)29(20)16(11)21(33)34)25-18(31)14(27-35-2)17-26-22(24)37-28-17/h3-7,15,20H,8-9H2,1-2H3,(H3-,24,25,26,28,31,33,34)/p+1/b27-14-/t15-,20-,30?/m1/s1. The van der Waals surface area contributed by atoms with Crippen LogP contribution in [0.2, 0.25) is 5.02 Å². The lowest BCUT2D eigenvalue weighted by atomic mass is 10.0. The molecule has 1 unspecified atom stereocenters. The van der Waals surface area contributed by atoms with Crippen LogP contribution in [0, 0.1) is 0 Å². The Balaban J connectivity index is 1.37. The third kappa shape index (κ3) is 4.35. The number of carbonyl (C=O) groups is 3. The van der Waals surface area contributed by atoms with Gasteiger partial charge in [0.1, 0.15) is 42.7 Å². The Morgan fingerprint density at radius 2 is 2.22 bits per heavy atom. The Morgan fingerprint density at radius 3 is 2.89 bits per heavy atom. The molecule has 1 fully saturated rings. The average Bonchev–Trinajstić information content (AvgIpc) is 3.42. The van der Waals surface area contributed by atoms with Crippen molar-refractivity contribution in [1.82, 2.24) is 24.1 Å². The van der Waals surface area contributed by atoms with Gasteiger partial charge in [-0.2, -0.15) is 9.36 Å². The summed E-state index contributed by atoms with van der Waals surface area (Å²) >= 11 is 8.39. The van der Waals surface area contributed by atoms with Crippen molar-refractivity contribution < 1.29 is 24.3 Å². The van der Waals surface area contributed by atoms with Crippen LogP contribution < -0.4 is 15.5 Å². The second-order valence-electron chi connectivity index (χ2n) is 8.64. The Labute approximate surface area is 224 Å². The number of β-lactam (4-membered cyclic amide) rings is 1. The quantitative estimate of drug-likeness (QED) is 0.196. The first-order valence-corrected chi connectivity index (χ1v) is 13.1. The molecular formula is C22H21ClN7O5S2+. The van der Waals surface area contributed by atoms with Gasteiger partial charge in [0.05, 0.1) is 7.05 Å². The average molecular weight is 563 g/mol. The molecule has 0 spiro atoms. The first-order valence-electron chi connectivity index (χ1n) is 10.9. The highest BCUT2D eigenvalue weighted by atomic mass is 35.5. The third-order valence-corrected chi connectivity index (χ3v) is 8.35. The lowest BCUT2D eigenvalue weighted by Gasteiger charge is -2.49. The summed E-state index contributed by atoms with van der Waals surface area (Å²) in [7, 11) is 3.23. The minimum Gasteiger partial charge on any atom is -0.477 e. The second-order valence-corrected chi connectivity index (χ2v) is 11.0. The monoisotopic (exact) mass is 562 g/mol. The number of aromatic nitrogens is 2. The van der Waals surface area contributed by atoms with E-state index in [1.807, 2.05) is 31.5 Å². The lowest BCUT2D eigenvalue weighted by molar-refractivity contribution is -0.150. The molecule has 12 nitrogen and oxygen atoms in total. The van der Waals surface area contributed by atoms with E-state index in [1.165, 1.54) is 23.8 Å². The van der Waals surface area contributed by atoms with Gasteiger partial charge < -0.3 is 21.0 Å². The summed E-state index contributed by atoms with van der Waals surface area (Å²) in [5, 5.41) is 16.5. The van der Waals surface area contributed by atoms with Gasteiger partial charge in [-0.25, -0.2) is 4.79 Å². The topological polar surface area (TPSA) is 160 Å². The maximum atomic E-state index is 13.1. The number of nitrogen functional groups attached to an aromatic ring is 1. The van der Waals surface area contributed by atoms with Gasteiger partial charge in [-0.05, 0) is 12.1 Å². The van der Waals surface area contributed by atoms with Gasteiger partial charge in [-0.15, -0.1) is 11.8 Å². The summed E-state index contributed by atoms with van der Waals surface area (Å²) in [6.07, 6.45) is 3.92. The molecule has 5 rings (SSSR count). The summed E-state index contributed by atoms with van der Waals surface area (Å²) in [5.41, 5.74) is 7.85. The number of nitrogens with one attached hydrogen (secondary N) is 1. The van der Waals surface area contributed by atoms with Crippen molar-refractivity contribution in [2.24, 2.45) is 5.16 Å². The highest BCUT2D eigenvalue weighted by molar-refractivity contribution is 8.00. The fourth-order valence-electron chi connectivity index (χ4n) is 4.60. The van der Waals surface area contributed by atoms with E-state index in [0.717, 1.165) is 22.8 Å². The van der Waals surface area contributed by atoms with Crippen LogP contribution in [0.4, 0.5) is 10.8 Å². The molecule has 0 bridgehead atoms. The van der Waals surface area contributed by atoms with Crippen molar-refractivity contribution in [2.45, 2.75) is 11.4 Å². The highest BCUT2D eigenvalue weighted by Gasteiger charge is 2.55. The lowest BCUT2D eigenvalue weighted by Crippen LogP contribution is -2.71. The number of thioether (sulfide) groups is 1. The molecule has 15 heteroatoms. The number of hydrogen-bond donors (Lipinski definition) is 3. The van der Waals surface area contributed by atoms with Crippen molar-refractivity contribution in [1.29, 1.82) is 0 Å². The number of oxime groups is 1. The largest absolute Gasteiger partial charge is 0.477 e. The molecule has 1 saturated heterocycles. The molecule has 4 N–H and O–H groups in total. The number of quaternary nitrogens is 1. The fraction of sp³-hybridized carbons (Fsp3) is 0.273. The molecule has 2 aromatic rings. The third-order valence-electron chi connectivity index (χ3n) is 6.23. The van der Waals surface area contributed by atoms with Gasteiger partial charge in [0.15, 0.2) is 5.13 Å². The summed E-state index contributed by atoms with van der Waals surface area (Å²) in [4.78, 5) is 48.2. The number of nitrogens with two attached hydrogens (primary N) is 1. The second kappa shape index (κ2) is 9.45. The fourth-order valence-corrected chi connectivity index (χ4v) is 6.55. The first-order chi connectivity index (χ1) is 17.6. The normalized spacial score (nSPS) is 24.5. The molecule has 2 amide bonds. The molecule has 0 saturated carbocycles. The van der Waals surface area contributed by atoms with E-state index in [4.69, 9.17) is 22.2 Å². The maximum Gasteiger partial charge on any atom is 0.352 e. The molecule has 1 aromatic heterocycles. The number of benzene rings is 1. The zero-order valence-corrected chi connectivity index (χ0v) is 21.9. The van der Waals surface area contributed by atoms with Crippen LogP contribution in [0.3, 0.4) is 0 Å². The van der Waals surface area contributed by atoms with Gasteiger partial charge in [0.25, 0.3) is 11.8 Å². The SMILES string of the molecule is CO/N=C(\C(=O)N[C@@H]1C(=O)N2C(C(=O)O)=C(C[N+]3(C)C=Cc4cc(Cl)ccc43)CS[C@H]12)c1nsc(N)n1. The molecule has 0 aliphatic carbocycles. The van der Waals surface area contributed by atoms with Crippen molar-refractivity contribution in [3.63, 3.8) is 0 Å². The van der Waals surface area contributed by atoms with Crippen LogP contribution >= 0.6 is 34.9 Å². The van der Waals surface area contributed by atoms with Crippen LogP contribution in [0.15, 0.2) is 40.8 Å². The summed E-state index contributed by atoms with van der Waals surface area (Å²) < 4.78 is 4.30. The Kier molecular flexibility index (Phi) is 6.43. The van der Waals surface area contributed by atoms with Gasteiger partial charge in [0, 0.05) is 45.6 Å². The number of carboxylic acids is 1. The van der Waals surface area contributed by atoms with Gasteiger partial charge in [-0.1, -0.05) is 16.8 Å². The predicted octanol–water partition coefficient (Wildman–Crippen LogP) is 1.48. The Hall–Kier alpha value is -3.46. The van der Waals surface area contributed by atoms with E-state index >= 15 is 0 Å². The number of carboxylic acid groups (broad SMARTS) is 1. The van der Waals surface area contributed by atoms with Crippen LogP contribution in [-0.2, 0) is 19.2 Å². The molecular weight excluding hydrogens is 542 g/mol. The number of nitrogens with zero attached hydrogens (tertiary/aromatic N) is 5. The maximum absolute atomic E-state index is 13.1. The minimum atomic E-state index is -1.20. The molecule has 1 aromatic carbocycles. The van der Waals surface area contributed by atoms with E-state index < -0.39 is 29.2 Å². The summed E-state index contributed by atoms with van der Waals surface area (Å²) in [6.45, 7) is 0.356. The number of fused-ring (bicyclic) bond motifs is 2. The van der Waals surface area contributed by atoms with E-state index in [0.29, 0.717) is 27.4 Å². The number of rotatable bonds is 7. The van der Waals surface area contributed by atoms with E-state index in [1.54, 1.807) is 6.07 Å². The van der Waals surface area contributed by atoms with E-state index in [9.17, 15) is 19.5 Å². The predicted molar refractivity (Wildman–Crippen MR) is 141 cm³/mol. The number of carbonyl (C=O) groups excluding carboxylic acids is 2. The number of likely N-dealkylation sites (N-methyl/N-ethyl adjacent to an activating group) is 1. The molecule has 3 atom stereocenters. The smallest absolute Gasteiger partial charge is 0.352 e. The van der Waals surface area contributed by atoms with Gasteiger partial charge >= 0.3 is 5.97 Å². The number of aliphatic carboxylic acids is 1. The van der Waals surface area contributed by atoms with Crippen molar-refractivity contribution in [3.8, 4) is 0 Å². The molecule has 37 heavy (non-hydrogen) atoms. The zero-order chi connectivity index (χ0) is 26.5. The van der Waals surface area contributed by atoms with Crippen LogP contribution in [0.25, 0.3) is 6.08 Å². The van der Waals surface area contributed by atoms with Crippen LogP contribution in [-0.4, -0.2) is 80.7 Å². The highest BCUT2D eigenvalue weighted by Crippen LogP contribution is 2.43. The van der Waals surface area contributed by atoms with Crippen molar-refractivity contribution in [3.05, 3.63) is 52.1 Å². The number of amides is 2. The molecule has 192 valence electrons. The molecule has 3 aliphatic heterocycles. The first kappa shape index (κ1) is 25.2. The number of halogens is 1. The van der Waals surface area contributed by atoms with Gasteiger partial charge in [-0.3, -0.25) is 19.0 Å². The summed E-state index contributed by atoms with van der Waals surface area (Å²) in [6, 6.07) is 4.62. The van der Waals surface area contributed by atoms with E-state index in [-0.39, 0.29) is 22.4 Å².